The van der Waals surface area contributed by atoms with Crippen molar-refractivity contribution >= 4 is 5.69 Å². The molecule has 0 aromatic heterocycles. The summed E-state index contributed by atoms with van der Waals surface area (Å²) in [5, 5.41) is 10.7. The van der Waals surface area contributed by atoms with Gasteiger partial charge in [-0.05, 0) is 19.9 Å². The minimum Gasteiger partial charge on any atom is -0.258 e. The third-order valence-corrected chi connectivity index (χ3v) is 2.17. The predicted molar refractivity (Wildman–Crippen MR) is 54.9 cm³/mol. The van der Waals surface area contributed by atoms with Gasteiger partial charge in [0.15, 0.2) is 0 Å². The van der Waals surface area contributed by atoms with E-state index in [-0.39, 0.29) is 11.3 Å². The van der Waals surface area contributed by atoms with Crippen LogP contribution in [0.4, 0.5) is 10.1 Å². The smallest absolute Gasteiger partial charge is 0.258 e. The van der Waals surface area contributed by atoms with E-state index in [0.29, 0.717) is 0 Å². The Morgan fingerprint density at radius 2 is 2.13 bits per heavy atom. The molecule has 0 spiro atoms. The molecule has 0 heterocycles. The Morgan fingerprint density at radius 3 is 2.60 bits per heavy atom. The summed E-state index contributed by atoms with van der Waals surface area (Å²) in [6.45, 7) is 3.14. The van der Waals surface area contributed by atoms with Gasteiger partial charge in [-0.1, -0.05) is 12.0 Å². The fourth-order valence-corrected chi connectivity index (χ4v) is 1.36. The summed E-state index contributed by atoms with van der Waals surface area (Å²) >= 11 is 0. The Balaban J connectivity index is 3.53. The number of nitro groups is 1. The van der Waals surface area contributed by atoms with Crippen LogP contribution in [0.2, 0.25) is 0 Å². The maximum atomic E-state index is 13.5. The van der Waals surface area contributed by atoms with Crippen LogP contribution in [0.1, 0.15) is 19.4 Å². The topological polar surface area (TPSA) is 43.1 Å². The average molecular weight is 207 g/mol. The Bertz CT molecular complexity index is 446. The summed E-state index contributed by atoms with van der Waals surface area (Å²) < 4.78 is 13.5. The highest BCUT2D eigenvalue weighted by atomic mass is 19.1. The van der Waals surface area contributed by atoms with E-state index in [9.17, 15) is 14.5 Å². The molecule has 1 rings (SSSR count). The Hall–Kier alpha value is -1.89. The summed E-state index contributed by atoms with van der Waals surface area (Å²) in [6.07, 6.45) is 5.24. The van der Waals surface area contributed by atoms with Gasteiger partial charge in [0.1, 0.15) is 5.82 Å². The fraction of sp³-hybridized carbons (Fsp3) is 0.273. The number of hydrogen-bond acceptors (Lipinski definition) is 2. The summed E-state index contributed by atoms with van der Waals surface area (Å²) in [4.78, 5) is 10.1. The van der Waals surface area contributed by atoms with Crippen molar-refractivity contribution in [3.8, 4) is 12.3 Å². The third kappa shape index (κ3) is 1.96. The van der Waals surface area contributed by atoms with Gasteiger partial charge in [-0.2, -0.15) is 0 Å². The second kappa shape index (κ2) is 3.70. The second-order valence-electron chi connectivity index (χ2n) is 3.66. The molecule has 3 nitrogen and oxygen atoms in total. The normalized spacial score (nSPS) is 10.8. The first-order valence-corrected chi connectivity index (χ1v) is 4.31. The van der Waals surface area contributed by atoms with E-state index in [2.05, 4.69) is 5.92 Å². The molecule has 15 heavy (non-hydrogen) atoms. The van der Waals surface area contributed by atoms with Crippen molar-refractivity contribution in [3.05, 3.63) is 39.7 Å². The standard InChI is InChI=1S/C11H10FNO2/c1-4-11(2,3)10-8(12)6-5-7-9(10)13(14)15/h1,5-7H,2-3H3. The number of terminal acetylenes is 1. The van der Waals surface area contributed by atoms with Crippen LogP contribution in [0.5, 0.6) is 0 Å². The maximum absolute atomic E-state index is 13.5. The van der Waals surface area contributed by atoms with Crippen molar-refractivity contribution in [2.45, 2.75) is 19.3 Å². The zero-order chi connectivity index (χ0) is 11.6. The number of nitrogens with zero attached hydrogens (tertiary/aromatic N) is 1. The van der Waals surface area contributed by atoms with E-state index in [1.54, 1.807) is 13.8 Å². The van der Waals surface area contributed by atoms with Gasteiger partial charge in [-0.15, -0.1) is 6.42 Å². The third-order valence-electron chi connectivity index (χ3n) is 2.17. The lowest BCUT2D eigenvalue weighted by Crippen LogP contribution is -2.18. The Morgan fingerprint density at radius 1 is 1.53 bits per heavy atom. The van der Waals surface area contributed by atoms with Crippen LogP contribution in [-0.4, -0.2) is 4.92 Å². The molecule has 0 amide bonds. The highest BCUT2D eigenvalue weighted by molar-refractivity contribution is 5.49. The number of benzene rings is 1. The fourth-order valence-electron chi connectivity index (χ4n) is 1.36. The van der Waals surface area contributed by atoms with Crippen LogP contribution >= 0.6 is 0 Å². The highest BCUT2D eigenvalue weighted by Gasteiger charge is 2.30. The van der Waals surface area contributed by atoms with Crippen molar-refractivity contribution in [1.82, 2.24) is 0 Å². The van der Waals surface area contributed by atoms with E-state index >= 15 is 0 Å². The zero-order valence-corrected chi connectivity index (χ0v) is 8.45. The van der Waals surface area contributed by atoms with E-state index in [0.717, 1.165) is 0 Å². The lowest BCUT2D eigenvalue weighted by molar-refractivity contribution is -0.386. The van der Waals surface area contributed by atoms with Crippen LogP contribution < -0.4 is 0 Å². The molecule has 0 saturated carbocycles. The number of halogens is 1. The molecule has 1 aromatic rings. The first-order chi connectivity index (χ1) is 6.90. The van der Waals surface area contributed by atoms with Gasteiger partial charge in [0.2, 0.25) is 0 Å². The van der Waals surface area contributed by atoms with Crippen LogP contribution in [0.3, 0.4) is 0 Å². The number of rotatable bonds is 2. The summed E-state index contributed by atoms with van der Waals surface area (Å²) in [5.74, 6) is 1.70. The predicted octanol–water partition coefficient (Wildman–Crippen LogP) is 2.64. The zero-order valence-electron chi connectivity index (χ0n) is 8.45. The van der Waals surface area contributed by atoms with Crippen LogP contribution in [0.25, 0.3) is 0 Å². The first-order valence-electron chi connectivity index (χ1n) is 4.31. The molecule has 0 N–H and O–H groups in total. The average Bonchev–Trinajstić information content (AvgIpc) is 2.17. The molecule has 0 radical (unpaired) electrons. The van der Waals surface area contributed by atoms with Gasteiger partial charge in [0, 0.05) is 6.07 Å². The molecular weight excluding hydrogens is 197 g/mol. The Labute approximate surface area is 87.1 Å². The molecule has 0 saturated heterocycles. The van der Waals surface area contributed by atoms with Crippen molar-refractivity contribution < 1.29 is 9.31 Å². The van der Waals surface area contributed by atoms with Crippen LogP contribution in [0.15, 0.2) is 18.2 Å². The van der Waals surface area contributed by atoms with Gasteiger partial charge < -0.3 is 0 Å². The van der Waals surface area contributed by atoms with Crippen molar-refractivity contribution in [2.75, 3.05) is 0 Å². The number of hydrogen-bond donors (Lipinski definition) is 0. The first kappa shape index (κ1) is 11.2. The molecule has 78 valence electrons. The van der Waals surface area contributed by atoms with Crippen LogP contribution in [-0.2, 0) is 5.41 Å². The van der Waals surface area contributed by atoms with Gasteiger partial charge in [0.05, 0.1) is 15.9 Å². The Kier molecular flexibility index (Phi) is 2.76. The molecule has 0 bridgehead atoms. The number of nitro benzene ring substituents is 1. The molecule has 0 aliphatic rings. The summed E-state index contributed by atoms with van der Waals surface area (Å²) in [7, 11) is 0. The SMILES string of the molecule is C#CC(C)(C)c1c(F)cccc1[N+](=O)[O-]. The van der Waals surface area contributed by atoms with E-state index in [1.165, 1.54) is 18.2 Å². The molecule has 0 atom stereocenters. The molecule has 4 heteroatoms. The lowest BCUT2D eigenvalue weighted by Gasteiger charge is -2.18. The lowest BCUT2D eigenvalue weighted by atomic mass is 9.84. The minimum atomic E-state index is -0.992. The molecule has 0 aliphatic heterocycles. The minimum absolute atomic E-state index is 0.0440. The largest absolute Gasteiger partial charge is 0.277 e. The molecule has 0 fully saturated rings. The van der Waals surface area contributed by atoms with Crippen molar-refractivity contribution in [3.63, 3.8) is 0 Å². The van der Waals surface area contributed by atoms with E-state index in [1.807, 2.05) is 0 Å². The maximum Gasteiger partial charge on any atom is 0.277 e. The van der Waals surface area contributed by atoms with Gasteiger partial charge in [0.25, 0.3) is 5.69 Å². The van der Waals surface area contributed by atoms with Gasteiger partial charge in [-0.3, -0.25) is 10.1 Å². The highest BCUT2D eigenvalue weighted by Crippen LogP contribution is 2.32. The molecule has 0 aliphatic carbocycles. The molecular formula is C11H10FNO2. The van der Waals surface area contributed by atoms with Crippen molar-refractivity contribution in [1.29, 1.82) is 0 Å². The quantitative estimate of drug-likeness (QED) is 0.425. The van der Waals surface area contributed by atoms with E-state index in [4.69, 9.17) is 6.42 Å². The molecule has 1 aromatic carbocycles. The molecule has 0 unspecified atom stereocenters. The van der Waals surface area contributed by atoms with Crippen LogP contribution in [0, 0.1) is 28.3 Å². The van der Waals surface area contributed by atoms with Gasteiger partial charge >= 0.3 is 0 Å². The van der Waals surface area contributed by atoms with Gasteiger partial charge in [-0.25, -0.2) is 4.39 Å². The second-order valence-corrected chi connectivity index (χ2v) is 3.66. The van der Waals surface area contributed by atoms with E-state index < -0.39 is 16.2 Å². The summed E-state index contributed by atoms with van der Waals surface area (Å²) in [5.41, 5.74) is -1.32. The monoisotopic (exact) mass is 207 g/mol. The van der Waals surface area contributed by atoms with Crippen molar-refractivity contribution in [2.24, 2.45) is 0 Å². The summed E-state index contributed by atoms with van der Waals surface area (Å²) in [6, 6.07) is 3.71.